The minimum Gasteiger partial charge on any atom is -0.497 e. The first-order chi connectivity index (χ1) is 17.2. The Morgan fingerprint density at radius 1 is 0.889 bits per heavy atom. The fourth-order valence-electron chi connectivity index (χ4n) is 5.12. The van der Waals surface area contributed by atoms with Gasteiger partial charge in [0.05, 0.1) is 19.1 Å². The van der Waals surface area contributed by atoms with Crippen LogP contribution in [-0.4, -0.2) is 38.3 Å². The van der Waals surface area contributed by atoms with Crippen LogP contribution in [0, 0.1) is 5.92 Å². The summed E-state index contributed by atoms with van der Waals surface area (Å²) in [6, 6.07) is 21.8. The monoisotopic (exact) mass is 507 g/mol. The smallest absolute Gasteiger partial charge is 0.344 e. The molecule has 1 aliphatic heterocycles. The molecule has 190 valence electrons. The van der Waals surface area contributed by atoms with Crippen molar-refractivity contribution in [2.75, 3.05) is 33.4 Å². The van der Waals surface area contributed by atoms with E-state index in [1.165, 1.54) is 31.5 Å². The Hall–Kier alpha value is -3.02. The number of rotatable bonds is 9. The van der Waals surface area contributed by atoms with E-state index in [0.717, 1.165) is 54.0 Å². The third kappa shape index (κ3) is 6.21. The molecule has 0 bridgehead atoms. The standard InChI is InChI=1S/C30H33NO4.ClH/c1-33-24-8-6-7-23(20-24)19-22-13-16-31(17-14-22)15-4-5-18-34-25-11-12-27-26-9-2-3-10-28(26)30(32)35-29(27)21-25;/h2-3,6-12,20-22H,4-5,13-19H2,1H3;1H. The van der Waals surface area contributed by atoms with E-state index < -0.39 is 0 Å². The van der Waals surface area contributed by atoms with Crippen molar-refractivity contribution in [1.82, 2.24) is 4.90 Å². The number of nitrogens with zero attached hydrogens (tertiary/aromatic N) is 1. The second-order valence-corrected chi connectivity index (χ2v) is 9.49. The number of piperidine rings is 1. The molecule has 0 N–H and O–H groups in total. The van der Waals surface area contributed by atoms with Gasteiger partial charge in [-0.05, 0) is 98.9 Å². The molecule has 0 radical (unpaired) electrons. The largest absolute Gasteiger partial charge is 0.497 e. The number of fused-ring (bicyclic) bond motifs is 3. The predicted molar refractivity (Wildman–Crippen MR) is 148 cm³/mol. The molecule has 5 rings (SSSR count). The predicted octanol–water partition coefficient (Wildman–Crippen LogP) is 6.49. The van der Waals surface area contributed by atoms with E-state index in [1.54, 1.807) is 13.2 Å². The van der Waals surface area contributed by atoms with Crippen LogP contribution in [0.5, 0.6) is 11.5 Å². The summed E-state index contributed by atoms with van der Waals surface area (Å²) in [4.78, 5) is 14.9. The van der Waals surface area contributed by atoms with E-state index in [-0.39, 0.29) is 18.0 Å². The van der Waals surface area contributed by atoms with Gasteiger partial charge in [0, 0.05) is 11.5 Å². The molecule has 0 saturated carbocycles. The quantitative estimate of drug-likeness (QED) is 0.147. The first kappa shape index (κ1) is 26.1. The molecule has 0 atom stereocenters. The Labute approximate surface area is 218 Å². The lowest BCUT2D eigenvalue weighted by atomic mass is 9.90. The maximum atomic E-state index is 12.3. The fourth-order valence-corrected chi connectivity index (χ4v) is 5.12. The molecular weight excluding hydrogens is 474 g/mol. The van der Waals surface area contributed by atoms with E-state index in [0.29, 0.717) is 17.6 Å². The zero-order valence-corrected chi connectivity index (χ0v) is 21.6. The number of likely N-dealkylation sites (tertiary alicyclic amines) is 1. The molecule has 6 heteroatoms. The SMILES string of the molecule is COc1cccc(CC2CCN(CCCCOc3ccc4c(c3)oc(=O)c3ccccc34)CC2)c1.Cl. The van der Waals surface area contributed by atoms with Crippen LogP contribution in [0.25, 0.3) is 21.7 Å². The molecule has 36 heavy (non-hydrogen) atoms. The molecule has 3 aromatic carbocycles. The van der Waals surface area contributed by atoms with Crippen molar-refractivity contribution < 1.29 is 13.9 Å². The van der Waals surface area contributed by atoms with Crippen LogP contribution in [0.3, 0.4) is 0 Å². The third-order valence-electron chi connectivity index (χ3n) is 7.10. The number of halogens is 1. The summed E-state index contributed by atoms with van der Waals surface area (Å²) in [7, 11) is 1.73. The van der Waals surface area contributed by atoms with E-state index in [2.05, 4.69) is 23.1 Å². The zero-order chi connectivity index (χ0) is 24.0. The lowest BCUT2D eigenvalue weighted by Gasteiger charge is -2.32. The van der Waals surface area contributed by atoms with Crippen molar-refractivity contribution in [3.05, 3.63) is 82.7 Å². The van der Waals surface area contributed by atoms with Gasteiger partial charge in [-0.3, -0.25) is 0 Å². The molecule has 0 amide bonds. The number of methoxy groups -OCH3 is 1. The van der Waals surface area contributed by atoms with Gasteiger partial charge in [-0.2, -0.15) is 0 Å². The third-order valence-corrected chi connectivity index (χ3v) is 7.10. The summed E-state index contributed by atoms with van der Waals surface area (Å²) in [6.07, 6.45) is 5.77. The van der Waals surface area contributed by atoms with E-state index >= 15 is 0 Å². The number of benzene rings is 3. The van der Waals surface area contributed by atoms with Gasteiger partial charge in [0.25, 0.3) is 0 Å². The highest BCUT2D eigenvalue weighted by atomic mass is 35.5. The van der Waals surface area contributed by atoms with Crippen molar-refractivity contribution in [3.63, 3.8) is 0 Å². The minimum absolute atomic E-state index is 0. The maximum absolute atomic E-state index is 12.3. The molecule has 1 saturated heterocycles. The Bertz CT molecular complexity index is 1340. The van der Waals surface area contributed by atoms with E-state index in [4.69, 9.17) is 13.9 Å². The topological polar surface area (TPSA) is 51.9 Å². The highest BCUT2D eigenvalue weighted by Gasteiger charge is 2.19. The van der Waals surface area contributed by atoms with Crippen LogP contribution in [0.4, 0.5) is 0 Å². The van der Waals surface area contributed by atoms with Crippen LogP contribution in [-0.2, 0) is 6.42 Å². The van der Waals surface area contributed by atoms with Gasteiger partial charge in [0.15, 0.2) is 0 Å². The van der Waals surface area contributed by atoms with Gasteiger partial charge < -0.3 is 18.8 Å². The van der Waals surface area contributed by atoms with Crippen molar-refractivity contribution >= 4 is 34.1 Å². The van der Waals surface area contributed by atoms with Gasteiger partial charge in [-0.15, -0.1) is 12.4 Å². The van der Waals surface area contributed by atoms with Crippen LogP contribution in [0.2, 0.25) is 0 Å². The second-order valence-electron chi connectivity index (χ2n) is 9.49. The normalized spacial score (nSPS) is 14.6. The molecule has 0 unspecified atom stereocenters. The fraction of sp³-hybridized carbons (Fsp3) is 0.367. The van der Waals surface area contributed by atoms with Crippen molar-refractivity contribution in [3.8, 4) is 11.5 Å². The average Bonchev–Trinajstić information content (AvgIpc) is 2.89. The van der Waals surface area contributed by atoms with E-state index in [9.17, 15) is 4.79 Å². The van der Waals surface area contributed by atoms with Gasteiger partial charge in [-0.1, -0.05) is 30.3 Å². The van der Waals surface area contributed by atoms with Crippen LogP contribution in [0.1, 0.15) is 31.2 Å². The number of hydrogen-bond donors (Lipinski definition) is 0. The van der Waals surface area contributed by atoms with Gasteiger partial charge in [0.2, 0.25) is 0 Å². The molecule has 0 aliphatic carbocycles. The Morgan fingerprint density at radius 3 is 2.50 bits per heavy atom. The van der Waals surface area contributed by atoms with Crippen LogP contribution in [0.15, 0.2) is 75.9 Å². The molecule has 1 aliphatic rings. The minimum atomic E-state index is -0.308. The maximum Gasteiger partial charge on any atom is 0.344 e. The van der Waals surface area contributed by atoms with E-state index in [1.807, 2.05) is 42.5 Å². The summed E-state index contributed by atoms with van der Waals surface area (Å²) >= 11 is 0. The average molecular weight is 508 g/mol. The molecule has 1 fully saturated rings. The Morgan fingerprint density at radius 2 is 1.69 bits per heavy atom. The molecular formula is C30H34ClNO4. The molecule has 0 spiro atoms. The lowest BCUT2D eigenvalue weighted by molar-refractivity contribution is 0.177. The second kappa shape index (κ2) is 12.3. The van der Waals surface area contributed by atoms with Gasteiger partial charge in [-0.25, -0.2) is 4.79 Å². The zero-order valence-electron chi connectivity index (χ0n) is 20.8. The number of hydrogen-bond acceptors (Lipinski definition) is 5. The highest BCUT2D eigenvalue weighted by Crippen LogP contribution is 2.27. The summed E-state index contributed by atoms with van der Waals surface area (Å²) in [5.74, 6) is 2.45. The van der Waals surface area contributed by atoms with Crippen molar-refractivity contribution in [1.29, 1.82) is 0 Å². The lowest BCUT2D eigenvalue weighted by Crippen LogP contribution is -2.35. The van der Waals surface area contributed by atoms with Gasteiger partial charge in [0.1, 0.15) is 17.1 Å². The molecule has 5 nitrogen and oxygen atoms in total. The van der Waals surface area contributed by atoms with Crippen molar-refractivity contribution in [2.24, 2.45) is 5.92 Å². The van der Waals surface area contributed by atoms with Crippen LogP contribution >= 0.6 is 12.4 Å². The molecule has 1 aromatic heterocycles. The number of unbranched alkanes of at least 4 members (excludes halogenated alkanes) is 1. The first-order valence-electron chi connectivity index (χ1n) is 12.6. The highest BCUT2D eigenvalue weighted by molar-refractivity contribution is 6.04. The van der Waals surface area contributed by atoms with Gasteiger partial charge >= 0.3 is 5.63 Å². The molecule has 2 heterocycles. The summed E-state index contributed by atoms with van der Waals surface area (Å²) in [6.45, 7) is 4.13. The first-order valence-corrected chi connectivity index (χ1v) is 12.6. The Balaban J connectivity index is 0.00000304. The molecule has 4 aromatic rings. The number of ether oxygens (including phenoxy) is 2. The van der Waals surface area contributed by atoms with Crippen molar-refractivity contribution in [2.45, 2.75) is 32.1 Å². The Kier molecular flexibility index (Phi) is 8.89. The summed E-state index contributed by atoms with van der Waals surface area (Å²) < 4.78 is 16.9. The summed E-state index contributed by atoms with van der Waals surface area (Å²) in [5, 5.41) is 2.46. The van der Waals surface area contributed by atoms with Crippen LogP contribution < -0.4 is 15.1 Å². The summed E-state index contributed by atoms with van der Waals surface area (Å²) in [5.41, 5.74) is 1.64.